The first-order valence-corrected chi connectivity index (χ1v) is 13.6. The van der Waals surface area contributed by atoms with Crippen molar-refractivity contribution in [2.75, 3.05) is 14.2 Å². The Balaban J connectivity index is 1.51. The summed E-state index contributed by atoms with van der Waals surface area (Å²) in [6, 6.07) is 34.8. The van der Waals surface area contributed by atoms with E-state index < -0.39 is 11.5 Å². The summed E-state index contributed by atoms with van der Waals surface area (Å²) in [6.07, 6.45) is 3.68. The van der Waals surface area contributed by atoms with E-state index in [-0.39, 0.29) is 6.42 Å². The molecule has 6 rings (SSSR count). The number of aromatic nitrogens is 4. The third-order valence-electron chi connectivity index (χ3n) is 7.56. The van der Waals surface area contributed by atoms with Gasteiger partial charge in [-0.2, -0.15) is 5.10 Å². The third kappa shape index (κ3) is 4.66. The molecule has 0 fully saturated rings. The van der Waals surface area contributed by atoms with Crippen molar-refractivity contribution in [3.05, 3.63) is 144 Å². The number of aliphatic carboxylic acids is 1. The van der Waals surface area contributed by atoms with Crippen molar-refractivity contribution < 1.29 is 19.4 Å². The summed E-state index contributed by atoms with van der Waals surface area (Å²) in [5.41, 5.74) is 4.54. The smallest absolute Gasteiger partial charge is 0.309 e. The number of fused-ring (bicyclic) bond motifs is 1. The van der Waals surface area contributed by atoms with E-state index in [1.807, 2.05) is 36.8 Å². The maximum Gasteiger partial charge on any atom is 0.309 e. The molecule has 1 N–H and O–H groups in total. The first kappa shape index (κ1) is 26.8. The van der Waals surface area contributed by atoms with E-state index in [0.717, 1.165) is 27.9 Å². The molecule has 0 spiro atoms. The lowest BCUT2D eigenvalue weighted by atomic mass is 9.77. The van der Waals surface area contributed by atoms with Crippen LogP contribution < -0.4 is 9.47 Å². The highest BCUT2D eigenvalue weighted by molar-refractivity contribution is 5.88. The lowest BCUT2D eigenvalue weighted by Gasteiger charge is -2.37. The summed E-state index contributed by atoms with van der Waals surface area (Å²) < 4.78 is 14.9. The highest BCUT2D eigenvalue weighted by Gasteiger charge is 2.38. The van der Waals surface area contributed by atoms with Gasteiger partial charge in [0.25, 0.3) is 0 Å². The van der Waals surface area contributed by atoms with Gasteiger partial charge in [0.15, 0.2) is 11.5 Å². The Morgan fingerprint density at radius 2 is 1.33 bits per heavy atom. The van der Waals surface area contributed by atoms with Crippen LogP contribution in [0.4, 0.5) is 0 Å². The van der Waals surface area contributed by atoms with Gasteiger partial charge in [0.2, 0.25) is 0 Å². The van der Waals surface area contributed by atoms with Crippen LogP contribution in [0.1, 0.15) is 28.1 Å². The van der Waals surface area contributed by atoms with Gasteiger partial charge in [0, 0.05) is 17.6 Å². The molecule has 8 heteroatoms. The molecule has 0 amide bonds. The van der Waals surface area contributed by atoms with E-state index in [4.69, 9.17) is 19.6 Å². The molecule has 4 aromatic carbocycles. The number of hydrogen-bond acceptors (Lipinski definition) is 5. The van der Waals surface area contributed by atoms with Crippen LogP contribution in [-0.2, 0) is 23.3 Å². The number of ether oxygens (including phenoxy) is 2. The van der Waals surface area contributed by atoms with Crippen LogP contribution in [0.3, 0.4) is 0 Å². The second-order valence-electron chi connectivity index (χ2n) is 9.98. The highest BCUT2D eigenvalue weighted by atomic mass is 16.5. The fourth-order valence-electron chi connectivity index (χ4n) is 5.73. The molecule has 2 heterocycles. The molecular weight excluding hydrogens is 528 g/mol. The maximum atomic E-state index is 11.7. The van der Waals surface area contributed by atoms with Gasteiger partial charge in [-0.3, -0.25) is 9.48 Å². The van der Waals surface area contributed by atoms with Gasteiger partial charge < -0.3 is 19.1 Å². The number of nitrogens with zero attached hydrogens (tertiary/aromatic N) is 4. The average molecular weight is 559 g/mol. The van der Waals surface area contributed by atoms with Crippen molar-refractivity contribution in [3.8, 4) is 11.5 Å². The Morgan fingerprint density at radius 1 is 0.810 bits per heavy atom. The maximum absolute atomic E-state index is 11.7. The summed E-state index contributed by atoms with van der Waals surface area (Å²) in [5, 5.41) is 14.9. The van der Waals surface area contributed by atoms with Crippen molar-refractivity contribution in [1.29, 1.82) is 0 Å². The second-order valence-corrected chi connectivity index (χ2v) is 9.98. The monoisotopic (exact) mass is 558 g/mol. The van der Waals surface area contributed by atoms with Crippen LogP contribution >= 0.6 is 0 Å². The topological polar surface area (TPSA) is 91.4 Å². The lowest BCUT2D eigenvalue weighted by Crippen LogP contribution is -2.36. The molecule has 0 saturated heterocycles. The lowest BCUT2D eigenvalue weighted by molar-refractivity contribution is -0.136. The average Bonchev–Trinajstić information content (AvgIpc) is 3.62. The van der Waals surface area contributed by atoms with Crippen molar-refractivity contribution in [3.63, 3.8) is 0 Å². The largest absolute Gasteiger partial charge is 0.493 e. The zero-order valence-electron chi connectivity index (χ0n) is 23.3. The number of carboxylic acids is 1. The van der Waals surface area contributed by atoms with Crippen molar-refractivity contribution >= 4 is 16.9 Å². The summed E-state index contributed by atoms with van der Waals surface area (Å²) >= 11 is 0. The molecule has 0 saturated carbocycles. The third-order valence-corrected chi connectivity index (χ3v) is 7.56. The van der Waals surface area contributed by atoms with Crippen LogP contribution in [-0.4, -0.2) is 44.6 Å². The summed E-state index contributed by atoms with van der Waals surface area (Å²) in [5.74, 6) is 0.0904. The van der Waals surface area contributed by atoms with Crippen LogP contribution in [0.2, 0.25) is 0 Å². The van der Waals surface area contributed by atoms with Gasteiger partial charge in [-0.05, 0) is 22.8 Å². The minimum Gasteiger partial charge on any atom is -0.493 e. The molecule has 2 aromatic heterocycles. The molecule has 8 nitrogen and oxygen atoms in total. The molecule has 0 bridgehead atoms. The van der Waals surface area contributed by atoms with E-state index >= 15 is 0 Å². The molecule has 210 valence electrons. The zero-order chi connectivity index (χ0) is 29.1. The van der Waals surface area contributed by atoms with E-state index in [1.54, 1.807) is 25.0 Å². The predicted molar refractivity (Wildman–Crippen MR) is 160 cm³/mol. The Kier molecular flexibility index (Phi) is 7.19. The quantitative estimate of drug-likeness (QED) is 0.215. The predicted octanol–water partition coefficient (Wildman–Crippen LogP) is 5.77. The molecule has 0 atom stereocenters. The fourth-order valence-corrected chi connectivity index (χ4v) is 5.73. The molecule has 0 aliphatic heterocycles. The van der Waals surface area contributed by atoms with Crippen LogP contribution in [0.25, 0.3) is 10.9 Å². The molecule has 6 aromatic rings. The van der Waals surface area contributed by atoms with Crippen molar-refractivity contribution in [2.24, 2.45) is 0 Å². The summed E-state index contributed by atoms with van der Waals surface area (Å²) in [6.45, 7) is 0.326. The van der Waals surface area contributed by atoms with E-state index in [0.29, 0.717) is 29.1 Å². The number of benzene rings is 4. The minimum absolute atomic E-state index is 0.216. The van der Waals surface area contributed by atoms with E-state index in [1.165, 1.54) is 0 Å². The van der Waals surface area contributed by atoms with E-state index in [2.05, 4.69) is 77.4 Å². The zero-order valence-corrected chi connectivity index (χ0v) is 23.3. The first-order valence-electron chi connectivity index (χ1n) is 13.6. The summed E-state index contributed by atoms with van der Waals surface area (Å²) in [4.78, 5) is 16.5. The SMILES string of the molecule is COc1cc2c(CC(=O)O)nn(Cc3cn(C(c4ccccc4)(c4ccccc4)c4ccccc4)cn3)c2cc1OC. The van der Waals surface area contributed by atoms with Gasteiger partial charge in [-0.1, -0.05) is 91.0 Å². The summed E-state index contributed by atoms with van der Waals surface area (Å²) in [7, 11) is 3.12. The van der Waals surface area contributed by atoms with Crippen LogP contribution in [0.5, 0.6) is 11.5 Å². The van der Waals surface area contributed by atoms with Crippen LogP contribution in [0, 0.1) is 0 Å². The molecule has 42 heavy (non-hydrogen) atoms. The number of carbonyl (C=O) groups is 1. The first-order chi connectivity index (χ1) is 20.5. The molecule has 0 radical (unpaired) electrons. The number of carboxylic acid groups (broad SMARTS) is 1. The van der Waals surface area contributed by atoms with E-state index in [9.17, 15) is 9.90 Å². The van der Waals surface area contributed by atoms with Gasteiger partial charge in [0.1, 0.15) is 5.54 Å². The van der Waals surface area contributed by atoms with Crippen molar-refractivity contribution in [1.82, 2.24) is 19.3 Å². The van der Waals surface area contributed by atoms with Gasteiger partial charge >= 0.3 is 5.97 Å². The number of rotatable bonds is 10. The second kappa shape index (κ2) is 11.2. The molecule has 0 unspecified atom stereocenters. The Labute approximate surface area is 243 Å². The Hall–Kier alpha value is -5.37. The molecular formula is C34H30N4O4. The number of methoxy groups -OCH3 is 2. The standard InChI is InChI=1S/C34H30N4O4/c1-41-31-18-28-29(19-33(39)40)36-38(30(28)20-32(31)42-2)22-27-21-37(23-35-27)34(24-12-6-3-7-13-24,25-14-8-4-9-15-25)26-16-10-5-11-17-26/h3-18,20-21,23H,19,22H2,1-2H3,(H,39,40). The molecule has 0 aliphatic carbocycles. The van der Waals surface area contributed by atoms with Gasteiger partial charge in [-0.25, -0.2) is 4.98 Å². The number of imidazole rings is 1. The molecule has 0 aliphatic rings. The van der Waals surface area contributed by atoms with Crippen LogP contribution in [0.15, 0.2) is 116 Å². The van der Waals surface area contributed by atoms with Gasteiger partial charge in [-0.15, -0.1) is 0 Å². The Bertz CT molecular complexity index is 1730. The fraction of sp³-hybridized carbons (Fsp3) is 0.147. The highest BCUT2D eigenvalue weighted by Crippen LogP contribution is 2.41. The minimum atomic E-state index is -0.959. The Morgan fingerprint density at radius 3 is 1.83 bits per heavy atom. The van der Waals surface area contributed by atoms with Gasteiger partial charge in [0.05, 0.1) is 50.4 Å². The number of hydrogen-bond donors (Lipinski definition) is 1. The normalized spacial score (nSPS) is 11.5. The van der Waals surface area contributed by atoms with Crippen molar-refractivity contribution in [2.45, 2.75) is 18.5 Å².